The summed E-state index contributed by atoms with van der Waals surface area (Å²) < 4.78 is 0.740. The van der Waals surface area contributed by atoms with Crippen LogP contribution in [0.4, 0.5) is 0 Å². The standard InChI is InChI=1S/C14H15BrO3/c15-12-8-4-3-7-11(12)13(16)9-5-1-2-6-10(9)14(17)18/h3-4,7-10H,1-2,5-6H2,(H,17,18)/t9-,10-/m1/s1. The zero-order valence-corrected chi connectivity index (χ0v) is 11.5. The second-order valence-electron chi connectivity index (χ2n) is 4.68. The van der Waals surface area contributed by atoms with Crippen LogP contribution in [0.3, 0.4) is 0 Å². The molecule has 1 N–H and O–H groups in total. The van der Waals surface area contributed by atoms with Crippen LogP contribution in [-0.4, -0.2) is 16.9 Å². The number of carboxylic acid groups (broad SMARTS) is 1. The first-order chi connectivity index (χ1) is 8.61. The molecule has 4 heteroatoms. The van der Waals surface area contributed by atoms with E-state index in [2.05, 4.69) is 15.9 Å². The maximum atomic E-state index is 12.4. The monoisotopic (exact) mass is 310 g/mol. The van der Waals surface area contributed by atoms with Crippen LogP contribution >= 0.6 is 15.9 Å². The fourth-order valence-electron chi connectivity index (χ4n) is 2.60. The Morgan fingerprint density at radius 2 is 1.72 bits per heavy atom. The lowest BCUT2D eigenvalue weighted by molar-refractivity contribution is -0.144. The van der Waals surface area contributed by atoms with Crippen molar-refractivity contribution in [1.82, 2.24) is 0 Å². The molecular formula is C14H15BrO3. The van der Waals surface area contributed by atoms with Crippen molar-refractivity contribution in [2.75, 3.05) is 0 Å². The number of ketones is 1. The number of hydrogen-bond acceptors (Lipinski definition) is 2. The minimum absolute atomic E-state index is 0.0467. The van der Waals surface area contributed by atoms with E-state index in [1.54, 1.807) is 12.1 Å². The summed E-state index contributed by atoms with van der Waals surface area (Å²) in [6, 6.07) is 7.21. The van der Waals surface area contributed by atoms with Crippen molar-refractivity contribution >= 4 is 27.7 Å². The molecule has 0 radical (unpaired) electrons. The van der Waals surface area contributed by atoms with Crippen molar-refractivity contribution in [3.63, 3.8) is 0 Å². The molecule has 0 aromatic heterocycles. The van der Waals surface area contributed by atoms with Crippen LogP contribution < -0.4 is 0 Å². The fraction of sp³-hybridized carbons (Fsp3) is 0.429. The second kappa shape index (κ2) is 5.65. The molecule has 0 bridgehead atoms. The Bertz CT molecular complexity index is 470. The molecule has 18 heavy (non-hydrogen) atoms. The van der Waals surface area contributed by atoms with Crippen LogP contribution in [0.5, 0.6) is 0 Å². The van der Waals surface area contributed by atoms with Crippen LogP contribution in [0.2, 0.25) is 0 Å². The van der Waals surface area contributed by atoms with Crippen molar-refractivity contribution < 1.29 is 14.7 Å². The van der Waals surface area contributed by atoms with E-state index in [1.807, 2.05) is 12.1 Å². The van der Waals surface area contributed by atoms with Gasteiger partial charge in [0.15, 0.2) is 5.78 Å². The third-order valence-electron chi connectivity index (χ3n) is 3.56. The zero-order chi connectivity index (χ0) is 13.1. The highest BCUT2D eigenvalue weighted by molar-refractivity contribution is 9.10. The van der Waals surface area contributed by atoms with E-state index in [4.69, 9.17) is 0 Å². The van der Waals surface area contributed by atoms with E-state index in [0.717, 1.165) is 17.3 Å². The number of carbonyl (C=O) groups excluding carboxylic acids is 1. The maximum Gasteiger partial charge on any atom is 0.307 e. The predicted molar refractivity (Wildman–Crippen MR) is 71.6 cm³/mol. The Labute approximate surface area is 114 Å². The Morgan fingerprint density at radius 3 is 2.33 bits per heavy atom. The summed E-state index contributed by atoms with van der Waals surface area (Å²) in [5.41, 5.74) is 0.593. The SMILES string of the molecule is O=C(O)[C@@H]1CCCC[C@H]1C(=O)c1ccccc1Br. The number of halogens is 1. The second-order valence-corrected chi connectivity index (χ2v) is 5.53. The highest BCUT2D eigenvalue weighted by atomic mass is 79.9. The lowest BCUT2D eigenvalue weighted by Gasteiger charge is -2.27. The molecule has 1 aliphatic carbocycles. The van der Waals surface area contributed by atoms with Gasteiger partial charge in [-0.1, -0.05) is 47.0 Å². The van der Waals surface area contributed by atoms with E-state index < -0.39 is 11.9 Å². The van der Waals surface area contributed by atoms with E-state index in [-0.39, 0.29) is 11.7 Å². The van der Waals surface area contributed by atoms with Gasteiger partial charge < -0.3 is 5.11 Å². The largest absolute Gasteiger partial charge is 0.481 e. The molecule has 1 aromatic carbocycles. The molecule has 1 fully saturated rings. The molecule has 0 spiro atoms. The number of carboxylic acids is 1. The summed E-state index contributed by atoms with van der Waals surface area (Å²) in [6.45, 7) is 0. The molecule has 2 rings (SSSR count). The molecule has 1 aromatic rings. The zero-order valence-electron chi connectivity index (χ0n) is 9.93. The van der Waals surface area contributed by atoms with Gasteiger partial charge in [-0.25, -0.2) is 0 Å². The van der Waals surface area contributed by atoms with Crippen LogP contribution in [0.25, 0.3) is 0 Å². The molecule has 0 unspecified atom stereocenters. The highest BCUT2D eigenvalue weighted by Gasteiger charge is 2.36. The quantitative estimate of drug-likeness (QED) is 0.869. The molecule has 0 aliphatic heterocycles. The lowest BCUT2D eigenvalue weighted by Crippen LogP contribution is -2.32. The van der Waals surface area contributed by atoms with Gasteiger partial charge in [-0.3, -0.25) is 9.59 Å². The van der Waals surface area contributed by atoms with Gasteiger partial charge in [0.2, 0.25) is 0 Å². The minimum Gasteiger partial charge on any atom is -0.481 e. The van der Waals surface area contributed by atoms with Gasteiger partial charge >= 0.3 is 5.97 Å². The normalized spacial score (nSPS) is 23.6. The first-order valence-corrected chi connectivity index (χ1v) is 6.92. The summed E-state index contributed by atoms with van der Waals surface area (Å²) in [5, 5.41) is 9.21. The van der Waals surface area contributed by atoms with Gasteiger partial charge in [0.1, 0.15) is 0 Å². The molecule has 96 valence electrons. The minimum atomic E-state index is -0.847. The Kier molecular flexibility index (Phi) is 4.17. The van der Waals surface area contributed by atoms with Crippen LogP contribution in [0, 0.1) is 11.8 Å². The Balaban J connectivity index is 2.27. The van der Waals surface area contributed by atoms with E-state index in [1.165, 1.54) is 0 Å². The van der Waals surface area contributed by atoms with E-state index in [9.17, 15) is 14.7 Å². The van der Waals surface area contributed by atoms with Gasteiger partial charge in [0, 0.05) is 16.0 Å². The summed E-state index contributed by atoms with van der Waals surface area (Å²) in [4.78, 5) is 23.7. The van der Waals surface area contributed by atoms with Crippen LogP contribution in [0.15, 0.2) is 28.7 Å². The summed E-state index contributed by atoms with van der Waals surface area (Å²) in [7, 11) is 0. The van der Waals surface area contributed by atoms with Crippen LogP contribution in [0.1, 0.15) is 36.0 Å². The first-order valence-electron chi connectivity index (χ1n) is 6.13. The molecule has 1 aliphatic rings. The van der Waals surface area contributed by atoms with Gasteiger partial charge in [-0.2, -0.15) is 0 Å². The number of aliphatic carboxylic acids is 1. The molecule has 2 atom stereocenters. The van der Waals surface area contributed by atoms with Crippen molar-refractivity contribution in [2.24, 2.45) is 11.8 Å². The smallest absolute Gasteiger partial charge is 0.307 e. The van der Waals surface area contributed by atoms with Crippen molar-refractivity contribution in [2.45, 2.75) is 25.7 Å². The average molecular weight is 311 g/mol. The molecule has 0 saturated heterocycles. The average Bonchev–Trinajstić information content (AvgIpc) is 2.38. The Hall–Kier alpha value is -1.16. The first kappa shape index (κ1) is 13.3. The van der Waals surface area contributed by atoms with Crippen LogP contribution in [-0.2, 0) is 4.79 Å². The summed E-state index contributed by atoms with van der Waals surface area (Å²) in [5.74, 6) is -1.80. The summed E-state index contributed by atoms with van der Waals surface area (Å²) >= 11 is 3.35. The summed E-state index contributed by atoms with van der Waals surface area (Å²) in [6.07, 6.45) is 3.12. The van der Waals surface area contributed by atoms with Crippen molar-refractivity contribution in [1.29, 1.82) is 0 Å². The number of carbonyl (C=O) groups is 2. The molecule has 0 amide bonds. The van der Waals surface area contributed by atoms with Gasteiger partial charge in [0.05, 0.1) is 5.92 Å². The van der Waals surface area contributed by atoms with Crippen molar-refractivity contribution in [3.8, 4) is 0 Å². The molecular weight excluding hydrogens is 296 g/mol. The van der Waals surface area contributed by atoms with Gasteiger partial charge in [0.25, 0.3) is 0 Å². The van der Waals surface area contributed by atoms with Gasteiger partial charge in [-0.05, 0) is 18.9 Å². The highest BCUT2D eigenvalue weighted by Crippen LogP contribution is 2.34. The maximum absolute atomic E-state index is 12.4. The third-order valence-corrected chi connectivity index (χ3v) is 4.25. The number of Topliss-reactive ketones (excluding diaryl/α,β-unsaturated/α-hetero) is 1. The van der Waals surface area contributed by atoms with Gasteiger partial charge in [-0.15, -0.1) is 0 Å². The number of benzene rings is 1. The topological polar surface area (TPSA) is 54.4 Å². The fourth-order valence-corrected chi connectivity index (χ4v) is 3.08. The van der Waals surface area contributed by atoms with E-state index >= 15 is 0 Å². The number of rotatable bonds is 3. The number of hydrogen-bond donors (Lipinski definition) is 1. The van der Waals surface area contributed by atoms with Crippen molar-refractivity contribution in [3.05, 3.63) is 34.3 Å². The molecule has 3 nitrogen and oxygen atoms in total. The predicted octanol–water partition coefficient (Wildman–Crippen LogP) is 3.52. The molecule has 0 heterocycles. The van der Waals surface area contributed by atoms with E-state index in [0.29, 0.717) is 18.4 Å². The lowest BCUT2D eigenvalue weighted by atomic mass is 9.75. The molecule has 1 saturated carbocycles. The third kappa shape index (κ3) is 2.64. The Morgan fingerprint density at radius 1 is 1.11 bits per heavy atom.